The van der Waals surface area contributed by atoms with E-state index in [1.807, 2.05) is 6.07 Å². The lowest BCUT2D eigenvalue weighted by atomic mass is 10.2. The molecule has 1 saturated carbocycles. The van der Waals surface area contributed by atoms with Crippen LogP contribution in [0.15, 0.2) is 12.3 Å². The Labute approximate surface area is 121 Å². The van der Waals surface area contributed by atoms with Crippen LogP contribution in [-0.4, -0.2) is 35.7 Å². The molecule has 20 heavy (non-hydrogen) atoms. The van der Waals surface area contributed by atoms with Crippen LogP contribution in [-0.2, 0) is 0 Å². The summed E-state index contributed by atoms with van der Waals surface area (Å²) in [5.74, 6) is 1.46. The van der Waals surface area contributed by atoms with Crippen molar-refractivity contribution in [1.29, 1.82) is 0 Å². The highest BCUT2D eigenvalue weighted by molar-refractivity contribution is 5.34. The monoisotopic (exact) mass is 278 g/mol. The fourth-order valence-corrected chi connectivity index (χ4v) is 2.68. The van der Waals surface area contributed by atoms with E-state index in [0.29, 0.717) is 25.1 Å². The molecule has 0 saturated heterocycles. The molecule has 0 radical (unpaired) electrons. The standard InChI is InChI=1S/C15H26N4O/c1-2-12-20-14-8-10-17-15(18-14)19(11-5-9-16)13-6-3-4-7-13/h8,10,13H,2-7,9,11-12,16H2,1H3. The molecule has 0 amide bonds. The Kier molecular flexibility index (Phi) is 6.05. The first-order valence-corrected chi connectivity index (χ1v) is 7.77. The highest BCUT2D eigenvalue weighted by Crippen LogP contribution is 2.27. The molecule has 1 fully saturated rings. The first kappa shape index (κ1) is 15.0. The third-order valence-corrected chi connectivity index (χ3v) is 3.70. The second-order valence-corrected chi connectivity index (χ2v) is 5.32. The zero-order valence-corrected chi connectivity index (χ0v) is 12.4. The average molecular weight is 278 g/mol. The predicted molar refractivity (Wildman–Crippen MR) is 81.1 cm³/mol. The van der Waals surface area contributed by atoms with Crippen LogP contribution in [0.2, 0.25) is 0 Å². The molecule has 112 valence electrons. The van der Waals surface area contributed by atoms with E-state index >= 15 is 0 Å². The summed E-state index contributed by atoms with van der Waals surface area (Å²) in [7, 11) is 0. The molecule has 2 rings (SSSR count). The van der Waals surface area contributed by atoms with E-state index in [0.717, 1.165) is 25.3 Å². The summed E-state index contributed by atoms with van der Waals surface area (Å²) in [5, 5.41) is 0. The van der Waals surface area contributed by atoms with Gasteiger partial charge in [-0.2, -0.15) is 4.98 Å². The van der Waals surface area contributed by atoms with Crippen LogP contribution in [0.3, 0.4) is 0 Å². The van der Waals surface area contributed by atoms with Crippen LogP contribution in [0.25, 0.3) is 0 Å². The number of hydrogen-bond acceptors (Lipinski definition) is 5. The second kappa shape index (κ2) is 8.04. The Bertz CT molecular complexity index is 393. The van der Waals surface area contributed by atoms with Gasteiger partial charge < -0.3 is 15.4 Å². The SMILES string of the molecule is CCCOc1ccnc(N(CCCN)C2CCCC2)n1. The van der Waals surface area contributed by atoms with E-state index in [-0.39, 0.29) is 0 Å². The van der Waals surface area contributed by atoms with Gasteiger partial charge in [0, 0.05) is 24.8 Å². The molecular weight excluding hydrogens is 252 g/mol. The lowest BCUT2D eigenvalue weighted by Gasteiger charge is -2.29. The summed E-state index contributed by atoms with van der Waals surface area (Å²) in [6.07, 6.45) is 8.81. The largest absolute Gasteiger partial charge is 0.478 e. The third-order valence-electron chi connectivity index (χ3n) is 3.70. The van der Waals surface area contributed by atoms with E-state index in [4.69, 9.17) is 10.5 Å². The minimum absolute atomic E-state index is 0.558. The molecule has 1 heterocycles. The van der Waals surface area contributed by atoms with E-state index in [1.54, 1.807) is 6.20 Å². The molecule has 0 bridgehead atoms. The Morgan fingerprint density at radius 1 is 1.40 bits per heavy atom. The average Bonchev–Trinajstić information content (AvgIpc) is 3.00. The van der Waals surface area contributed by atoms with Crippen LogP contribution >= 0.6 is 0 Å². The predicted octanol–water partition coefficient (Wildman–Crippen LogP) is 2.36. The molecule has 0 spiro atoms. The molecule has 1 aliphatic rings. The van der Waals surface area contributed by atoms with Crippen LogP contribution < -0.4 is 15.4 Å². The number of nitrogens with two attached hydrogens (primary N) is 1. The highest BCUT2D eigenvalue weighted by Gasteiger charge is 2.24. The highest BCUT2D eigenvalue weighted by atomic mass is 16.5. The normalized spacial score (nSPS) is 15.5. The first-order valence-electron chi connectivity index (χ1n) is 7.77. The van der Waals surface area contributed by atoms with Gasteiger partial charge in [-0.05, 0) is 32.2 Å². The van der Waals surface area contributed by atoms with Gasteiger partial charge in [-0.15, -0.1) is 0 Å². The van der Waals surface area contributed by atoms with Crippen molar-refractivity contribution in [3.05, 3.63) is 12.3 Å². The number of aromatic nitrogens is 2. The molecule has 5 nitrogen and oxygen atoms in total. The maximum Gasteiger partial charge on any atom is 0.228 e. The van der Waals surface area contributed by atoms with E-state index in [1.165, 1.54) is 25.7 Å². The summed E-state index contributed by atoms with van der Waals surface area (Å²) in [4.78, 5) is 11.3. The van der Waals surface area contributed by atoms with Crippen molar-refractivity contribution < 1.29 is 4.74 Å². The van der Waals surface area contributed by atoms with Crippen molar-refractivity contribution in [3.63, 3.8) is 0 Å². The summed E-state index contributed by atoms with van der Waals surface area (Å²) in [5.41, 5.74) is 5.66. The molecule has 0 aromatic carbocycles. The number of nitrogens with zero attached hydrogens (tertiary/aromatic N) is 3. The molecule has 1 aliphatic carbocycles. The van der Waals surface area contributed by atoms with Crippen LogP contribution in [0, 0.1) is 0 Å². The molecule has 5 heteroatoms. The summed E-state index contributed by atoms with van der Waals surface area (Å²) < 4.78 is 5.61. The maximum absolute atomic E-state index is 5.66. The molecule has 1 aromatic heterocycles. The molecule has 0 unspecified atom stereocenters. The number of rotatable bonds is 8. The molecular formula is C15H26N4O. The summed E-state index contributed by atoms with van der Waals surface area (Å²) in [6, 6.07) is 2.39. The molecule has 2 N–H and O–H groups in total. The van der Waals surface area contributed by atoms with Crippen molar-refractivity contribution >= 4 is 5.95 Å². The maximum atomic E-state index is 5.66. The third kappa shape index (κ3) is 4.07. The Morgan fingerprint density at radius 2 is 2.20 bits per heavy atom. The number of hydrogen-bond donors (Lipinski definition) is 1. The van der Waals surface area contributed by atoms with Gasteiger partial charge in [0.05, 0.1) is 6.61 Å². The van der Waals surface area contributed by atoms with Gasteiger partial charge in [-0.25, -0.2) is 4.98 Å². The van der Waals surface area contributed by atoms with E-state index in [9.17, 15) is 0 Å². The fraction of sp³-hybridized carbons (Fsp3) is 0.733. The van der Waals surface area contributed by atoms with Gasteiger partial charge in [0.1, 0.15) is 0 Å². The first-order chi connectivity index (χ1) is 9.85. The Hall–Kier alpha value is -1.36. The number of ether oxygens (including phenoxy) is 1. The van der Waals surface area contributed by atoms with Gasteiger partial charge in [0.2, 0.25) is 11.8 Å². The zero-order valence-electron chi connectivity index (χ0n) is 12.4. The topological polar surface area (TPSA) is 64.3 Å². The Balaban J connectivity index is 2.09. The van der Waals surface area contributed by atoms with Gasteiger partial charge in [-0.3, -0.25) is 0 Å². The molecule has 0 atom stereocenters. The smallest absolute Gasteiger partial charge is 0.228 e. The van der Waals surface area contributed by atoms with Crippen molar-refractivity contribution in [2.45, 2.75) is 51.5 Å². The van der Waals surface area contributed by atoms with Crippen molar-refractivity contribution in [2.24, 2.45) is 5.73 Å². The number of anilines is 1. The minimum atomic E-state index is 0.558. The van der Waals surface area contributed by atoms with Crippen LogP contribution in [0.4, 0.5) is 5.95 Å². The van der Waals surface area contributed by atoms with Crippen LogP contribution in [0.5, 0.6) is 5.88 Å². The fourth-order valence-electron chi connectivity index (χ4n) is 2.68. The van der Waals surface area contributed by atoms with Gasteiger partial charge >= 0.3 is 0 Å². The lowest BCUT2D eigenvalue weighted by molar-refractivity contribution is 0.304. The lowest BCUT2D eigenvalue weighted by Crippen LogP contribution is -2.36. The van der Waals surface area contributed by atoms with Crippen LogP contribution in [0.1, 0.15) is 45.4 Å². The Morgan fingerprint density at radius 3 is 2.90 bits per heavy atom. The van der Waals surface area contributed by atoms with Gasteiger partial charge in [0.25, 0.3) is 0 Å². The summed E-state index contributed by atoms with van der Waals surface area (Å²) in [6.45, 7) is 4.42. The van der Waals surface area contributed by atoms with Crippen molar-refractivity contribution in [3.8, 4) is 5.88 Å². The summed E-state index contributed by atoms with van der Waals surface area (Å²) >= 11 is 0. The minimum Gasteiger partial charge on any atom is -0.478 e. The molecule has 1 aromatic rings. The van der Waals surface area contributed by atoms with Gasteiger partial charge in [0.15, 0.2) is 0 Å². The second-order valence-electron chi connectivity index (χ2n) is 5.32. The van der Waals surface area contributed by atoms with E-state index < -0.39 is 0 Å². The van der Waals surface area contributed by atoms with Crippen molar-refractivity contribution in [1.82, 2.24) is 9.97 Å². The zero-order chi connectivity index (χ0) is 14.2. The molecule has 0 aliphatic heterocycles. The van der Waals surface area contributed by atoms with Crippen molar-refractivity contribution in [2.75, 3.05) is 24.6 Å². The van der Waals surface area contributed by atoms with E-state index in [2.05, 4.69) is 21.8 Å². The quantitative estimate of drug-likeness (QED) is 0.791. The van der Waals surface area contributed by atoms with Gasteiger partial charge in [-0.1, -0.05) is 19.8 Å².